The Morgan fingerprint density at radius 1 is 1.25 bits per heavy atom. The highest BCUT2D eigenvalue weighted by atomic mass is 32.2. The summed E-state index contributed by atoms with van der Waals surface area (Å²) in [5.41, 5.74) is -1.78. The Morgan fingerprint density at radius 2 is 1.85 bits per heavy atom. The topological polar surface area (TPSA) is 78.9 Å². The summed E-state index contributed by atoms with van der Waals surface area (Å²) < 4.78 is 95.8. The molecule has 0 aliphatic carbocycles. The van der Waals surface area contributed by atoms with Gasteiger partial charge in [-0.15, -0.1) is 4.67 Å². The van der Waals surface area contributed by atoms with Gasteiger partial charge in [0.05, 0.1) is 5.56 Å². The first kappa shape index (κ1) is 17.1. The number of alkyl halides is 3. The highest BCUT2D eigenvalue weighted by Crippen LogP contribution is 2.36. The predicted molar refractivity (Wildman–Crippen MR) is 56.8 cm³/mol. The molecule has 1 unspecified atom stereocenters. The molecule has 0 bridgehead atoms. The van der Waals surface area contributed by atoms with Crippen molar-refractivity contribution in [2.45, 2.75) is 11.1 Å². The zero-order valence-electron chi connectivity index (χ0n) is 9.60. The minimum Gasteiger partial charge on any atom is -0.312 e. The molecule has 0 aliphatic rings. The SMILES string of the molecule is CO[PH](=O)OOS(=O)(=O)c1ccc(F)cc1C(F)(F)F. The molecule has 114 valence electrons. The maximum Gasteiger partial charge on any atom is 0.417 e. The van der Waals surface area contributed by atoms with E-state index in [0.717, 1.165) is 7.11 Å². The van der Waals surface area contributed by atoms with E-state index in [4.69, 9.17) is 0 Å². The first-order valence-electron chi connectivity index (χ1n) is 4.64. The van der Waals surface area contributed by atoms with Crippen LogP contribution in [0.3, 0.4) is 0 Å². The molecule has 0 amide bonds. The Labute approximate surface area is 111 Å². The fourth-order valence-electron chi connectivity index (χ4n) is 1.08. The van der Waals surface area contributed by atoms with Crippen molar-refractivity contribution in [3.8, 4) is 0 Å². The van der Waals surface area contributed by atoms with Crippen LogP contribution < -0.4 is 0 Å². The lowest BCUT2D eigenvalue weighted by molar-refractivity contribution is -0.141. The Balaban J connectivity index is 3.22. The fraction of sp³-hybridized carbons (Fsp3) is 0.250. The van der Waals surface area contributed by atoms with Crippen LogP contribution in [-0.2, 0) is 34.4 Å². The molecule has 0 heterocycles. The monoisotopic (exact) mass is 338 g/mol. The number of halogens is 4. The second kappa shape index (κ2) is 6.19. The Bertz CT molecular complexity index is 614. The average molecular weight is 338 g/mol. The molecular formula is C8H7F4O6PS. The highest BCUT2D eigenvalue weighted by Gasteiger charge is 2.38. The van der Waals surface area contributed by atoms with E-state index in [1.807, 2.05) is 0 Å². The number of benzene rings is 1. The van der Waals surface area contributed by atoms with Crippen LogP contribution in [-0.4, -0.2) is 15.5 Å². The predicted octanol–water partition coefficient (Wildman–Crippen LogP) is 2.52. The molecule has 1 atom stereocenters. The second-order valence-electron chi connectivity index (χ2n) is 3.20. The summed E-state index contributed by atoms with van der Waals surface area (Å²) in [6, 6.07) is 0.821. The molecule has 12 heteroatoms. The molecule has 1 rings (SSSR count). The summed E-state index contributed by atoms with van der Waals surface area (Å²) in [6.45, 7) is 0. The van der Waals surface area contributed by atoms with Gasteiger partial charge in [-0.2, -0.15) is 21.6 Å². The Morgan fingerprint density at radius 3 is 2.35 bits per heavy atom. The largest absolute Gasteiger partial charge is 0.417 e. The van der Waals surface area contributed by atoms with Gasteiger partial charge in [-0.05, 0) is 18.2 Å². The van der Waals surface area contributed by atoms with Crippen LogP contribution in [0, 0.1) is 5.82 Å². The molecule has 0 aliphatic heterocycles. The summed E-state index contributed by atoms with van der Waals surface area (Å²) in [4.78, 5) is -1.38. The van der Waals surface area contributed by atoms with E-state index in [9.17, 15) is 30.5 Å². The van der Waals surface area contributed by atoms with E-state index in [1.165, 1.54) is 0 Å². The first-order chi connectivity index (χ1) is 9.08. The van der Waals surface area contributed by atoms with Gasteiger partial charge in [0.25, 0.3) is 0 Å². The van der Waals surface area contributed by atoms with E-state index in [0.29, 0.717) is 12.1 Å². The van der Waals surface area contributed by atoms with E-state index < -0.39 is 40.8 Å². The van der Waals surface area contributed by atoms with Crippen molar-refractivity contribution in [2.75, 3.05) is 7.11 Å². The summed E-state index contributed by atoms with van der Waals surface area (Å²) in [5, 5.41) is 0. The molecule has 0 radical (unpaired) electrons. The molecule has 0 fully saturated rings. The van der Waals surface area contributed by atoms with Crippen LogP contribution in [0.5, 0.6) is 0 Å². The fourth-order valence-corrected chi connectivity index (χ4v) is 2.49. The van der Waals surface area contributed by atoms with Gasteiger partial charge in [0.15, 0.2) is 0 Å². The van der Waals surface area contributed by atoms with Crippen molar-refractivity contribution < 1.29 is 44.1 Å². The molecule has 0 N–H and O–H groups in total. The molecule has 6 nitrogen and oxygen atoms in total. The lowest BCUT2D eigenvalue weighted by atomic mass is 10.2. The van der Waals surface area contributed by atoms with Crippen LogP contribution in [0.15, 0.2) is 23.1 Å². The van der Waals surface area contributed by atoms with Gasteiger partial charge >= 0.3 is 24.5 Å². The summed E-state index contributed by atoms with van der Waals surface area (Å²) in [7, 11) is -7.49. The number of hydrogen-bond donors (Lipinski definition) is 0. The third-order valence-electron chi connectivity index (χ3n) is 1.87. The smallest absolute Gasteiger partial charge is 0.312 e. The molecule has 0 saturated carbocycles. The third kappa shape index (κ3) is 4.25. The van der Waals surface area contributed by atoms with Gasteiger partial charge in [-0.3, -0.25) is 4.57 Å². The zero-order chi connectivity index (χ0) is 15.6. The van der Waals surface area contributed by atoms with Crippen LogP contribution in [0.25, 0.3) is 0 Å². The highest BCUT2D eigenvalue weighted by molar-refractivity contribution is 7.86. The maximum atomic E-state index is 12.8. The van der Waals surface area contributed by atoms with Crippen molar-refractivity contribution in [3.63, 3.8) is 0 Å². The number of hydrogen-bond acceptors (Lipinski definition) is 6. The van der Waals surface area contributed by atoms with E-state index in [2.05, 4.69) is 13.5 Å². The molecule has 1 aromatic rings. The molecule has 0 spiro atoms. The van der Waals surface area contributed by atoms with E-state index in [1.54, 1.807) is 0 Å². The molecule has 1 aromatic carbocycles. The average Bonchev–Trinajstić information content (AvgIpc) is 2.34. The lowest BCUT2D eigenvalue weighted by Gasteiger charge is -2.12. The Hall–Kier alpha value is -1.00. The van der Waals surface area contributed by atoms with Crippen molar-refractivity contribution in [2.24, 2.45) is 0 Å². The van der Waals surface area contributed by atoms with Gasteiger partial charge in [0.1, 0.15) is 10.7 Å². The summed E-state index contributed by atoms with van der Waals surface area (Å²) in [5.74, 6) is -1.29. The van der Waals surface area contributed by atoms with E-state index >= 15 is 0 Å². The van der Waals surface area contributed by atoms with Crippen molar-refractivity contribution in [1.82, 2.24) is 0 Å². The second-order valence-corrected chi connectivity index (χ2v) is 5.76. The van der Waals surface area contributed by atoms with Crippen LogP contribution >= 0.6 is 8.25 Å². The molecular weight excluding hydrogens is 331 g/mol. The van der Waals surface area contributed by atoms with Gasteiger partial charge in [0.2, 0.25) is 0 Å². The quantitative estimate of drug-likeness (QED) is 0.355. The normalized spacial score (nSPS) is 14.2. The van der Waals surface area contributed by atoms with Gasteiger partial charge in [-0.1, -0.05) is 4.33 Å². The molecule has 20 heavy (non-hydrogen) atoms. The van der Waals surface area contributed by atoms with Gasteiger partial charge < -0.3 is 4.52 Å². The van der Waals surface area contributed by atoms with Crippen molar-refractivity contribution in [3.05, 3.63) is 29.6 Å². The lowest BCUT2D eigenvalue weighted by Crippen LogP contribution is -2.15. The van der Waals surface area contributed by atoms with E-state index in [-0.39, 0.29) is 6.07 Å². The summed E-state index contributed by atoms with van der Waals surface area (Å²) >= 11 is 0. The minimum absolute atomic E-state index is 0.0182. The molecule has 0 aromatic heterocycles. The Kier molecular flexibility index (Phi) is 5.27. The first-order valence-corrected chi connectivity index (χ1v) is 7.27. The number of rotatable bonds is 5. The van der Waals surface area contributed by atoms with Crippen LogP contribution in [0.4, 0.5) is 17.6 Å². The van der Waals surface area contributed by atoms with Crippen molar-refractivity contribution in [1.29, 1.82) is 0 Å². The third-order valence-corrected chi connectivity index (χ3v) is 3.69. The summed E-state index contributed by atoms with van der Waals surface area (Å²) in [6.07, 6.45) is -5.14. The van der Waals surface area contributed by atoms with Crippen molar-refractivity contribution >= 4 is 18.4 Å². The molecule has 0 saturated heterocycles. The standard InChI is InChI=1S/C8H7F4O6PS/c1-16-19(13)17-18-20(14,15)7-3-2-5(9)4-6(7)8(10,11)12/h2-4,19H,1H3. The van der Waals surface area contributed by atoms with Gasteiger partial charge in [-0.25, -0.2) is 4.39 Å². The van der Waals surface area contributed by atoms with Crippen LogP contribution in [0.1, 0.15) is 5.56 Å². The maximum absolute atomic E-state index is 12.8. The minimum atomic E-state index is -5.14. The zero-order valence-corrected chi connectivity index (χ0v) is 11.4. The van der Waals surface area contributed by atoms with Gasteiger partial charge in [0, 0.05) is 7.11 Å². The van der Waals surface area contributed by atoms with Crippen LogP contribution in [0.2, 0.25) is 0 Å².